The summed E-state index contributed by atoms with van der Waals surface area (Å²) in [5, 5.41) is 18.8. The lowest BCUT2D eigenvalue weighted by atomic mass is 9.83. The topological polar surface area (TPSA) is 104 Å². The van der Waals surface area contributed by atoms with E-state index in [1.165, 1.54) is 11.1 Å². The predicted octanol–water partition coefficient (Wildman–Crippen LogP) is 0.912. The van der Waals surface area contributed by atoms with Crippen LogP contribution in [0.2, 0.25) is 0 Å². The smallest absolute Gasteiger partial charge is 0.249 e. The quantitative estimate of drug-likeness (QED) is 0.391. The Kier molecular flexibility index (Phi) is 7.08. The van der Waals surface area contributed by atoms with Crippen molar-refractivity contribution in [2.75, 3.05) is 45.2 Å². The van der Waals surface area contributed by atoms with E-state index in [9.17, 15) is 9.59 Å². The summed E-state index contributed by atoms with van der Waals surface area (Å²) >= 11 is 0. The van der Waals surface area contributed by atoms with Crippen LogP contribution in [0.1, 0.15) is 50.7 Å². The average Bonchev–Trinajstić information content (AvgIpc) is 3.23. The second-order valence-electron chi connectivity index (χ2n) is 12.9. The highest BCUT2D eigenvalue weighted by Crippen LogP contribution is 2.36. The fourth-order valence-corrected chi connectivity index (χ4v) is 7.57. The molecule has 1 aromatic rings. The average molecular weight is 565 g/mol. The first-order valence-electron chi connectivity index (χ1n) is 15.3. The first-order valence-corrected chi connectivity index (χ1v) is 15.3. The Morgan fingerprint density at radius 1 is 1.07 bits per heavy atom. The van der Waals surface area contributed by atoms with Gasteiger partial charge in [-0.25, -0.2) is 0 Å². The van der Waals surface area contributed by atoms with Crippen molar-refractivity contribution in [3.63, 3.8) is 0 Å². The summed E-state index contributed by atoms with van der Waals surface area (Å²) in [5.74, 6) is -0.0376. The van der Waals surface area contributed by atoms with Gasteiger partial charge in [-0.15, -0.1) is 0 Å². The minimum Gasteiger partial charge on any atom is -0.365 e. The van der Waals surface area contributed by atoms with Gasteiger partial charge in [-0.1, -0.05) is 18.2 Å². The standard InChI is InChI=1S/C30H44N8O3/c1-30(2)22-16-20(9-8-19(22)12-15-35(30)3)32-29-31-17-21-26(34-29)38-24-11-10-23-27(33-24)36(25(39)18-41-23)13-6-4-5-7-14-37(38)28(21)40/h5,7-9,16,21,23-24,26-27,29,31-34H,4,6,10-15,17-18H2,1-3H3/b7-5-. The molecule has 7 rings (SSSR count). The van der Waals surface area contributed by atoms with E-state index in [1.54, 1.807) is 0 Å². The first-order chi connectivity index (χ1) is 19.8. The van der Waals surface area contributed by atoms with Crippen molar-refractivity contribution in [2.45, 2.75) is 82.4 Å². The van der Waals surface area contributed by atoms with Gasteiger partial charge >= 0.3 is 0 Å². The predicted molar refractivity (Wildman–Crippen MR) is 155 cm³/mol. The Hall–Kier alpha value is -2.54. The molecule has 11 nitrogen and oxygen atoms in total. The van der Waals surface area contributed by atoms with Crippen LogP contribution >= 0.6 is 0 Å². The molecule has 6 aliphatic rings. The molecular weight excluding hydrogens is 520 g/mol. The number of morpholine rings is 1. The molecule has 2 bridgehead atoms. The molecule has 4 fully saturated rings. The molecule has 4 saturated heterocycles. The van der Waals surface area contributed by atoms with Gasteiger partial charge < -0.3 is 15.0 Å². The molecular formula is C30H44N8O3. The van der Waals surface area contributed by atoms with Gasteiger partial charge in [-0.2, -0.15) is 5.01 Å². The molecule has 0 radical (unpaired) electrons. The summed E-state index contributed by atoms with van der Waals surface area (Å²) in [6.45, 7) is 7.62. The minimum atomic E-state index is -0.206. The van der Waals surface area contributed by atoms with Gasteiger partial charge in [0.15, 0.2) is 0 Å². The Bertz CT molecular complexity index is 1220. The highest BCUT2D eigenvalue weighted by atomic mass is 16.5. The van der Waals surface area contributed by atoms with Gasteiger partial charge in [0.1, 0.15) is 19.1 Å². The van der Waals surface area contributed by atoms with Gasteiger partial charge in [-0.3, -0.25) is 35.4 Å². The molecule has 6 unspecified atom stereocenters. The van der Waals surface area contributed by atoms with Crippen LogP contribution in [-0.4, -0.2) is 102 Å². The van der Waals surface area contributed by atoms with Crippen LogP contribution in [-0.2, 0) is 26.3 Å². The molecule has 4 N–H and O–H groups in total. The number of hydrogen-bond acceptors (Lipinski definition) is 9. The summed E-state index contributed by atoms with van der Waals surface area (Å²) in [6, 6.07) is 6.70. The monoisotopic (exact) mass is 564 g/mol. The maximum Gasteiger partial charge on any atom is 0.249 e. The molecule has 6 atom stereocenters. The highest BCUT2D eigenvalue weighted by molar-refractivity contribution is 5.82. The van der Waals surface area contributed by atoms with Crippen molar-refractivity contribution in [1.29, 1.82) is 0 Å². The van der Waals surface area contributed by atoms with Gasteiger partial charge in [0.05, 0.1) is 30.9 Å². The van der Waals surface area contributed by atoms with Crippen molar-refractivity contribution in [2.24, 2.45) is 5.92 Å². The van der Waals surface area contributed by atoms with Crippen molar-refractivity contribution >= 4 is 17.5 Å². The van der Waals surface area contributed by atoms with E-state index in [2.05, 4.69) is 82.4 Å². The third-order valence-electron chi connectivity index (χ3n) is 10.2. The SMILES string of the molecule is CN1CCc2ccc(NC3NCC4C(=O)N5C/C=C\CCCN6C(=O)COC7CCC(NC76)N5C4N3)cc2C1(C)C. The molecule has 0 aromatic heterocycles. The molecule has 0 saturated carbocycles. The number of piperidine rings is 1. The van der Waals surface area contributed by atoms with E-state index in [1.807, 2.05) is 9.91 Å². The van der Waals surface area contributed by atoms with Crippen molar-refractivity contribution < 1.29 is 14.3 Å². The number of benzene rings is 1. The van der Waals surface area contributed by atoms with Crippen LogP contribution in [0.15, 0.2) is 30.4 Å². The molecule has 6 heterocycles. The van der Waals surface area contributed by atoms with Gasteiger partial charge in [0, 0.05) is 30.9 Å². The lowest BCUT2D eigenvalue weighted by molar-refractivity contribution is -0.176. The lowest BCUT2D eigenvalue weighted by Crippen LogP contribution is -2.72. The molecule has 11 heteroatoms. The number of nitrogens with zero attached hydrogens (tertiary/aromatic N) is 4. The number of hydrogen-bond donors (Lipinski definition) is 4. The highest BCUT2D eigenvalue weighted by Gasteiger charge is 2.53. The summed E-state index contributed by atoms with van der Waals surface area (Å²) in [6.07, 6.45) is 8.09. The van der Waals surface area contributed by atoms with Crippen LogP contribution < -0.4 is 21.3 Å². The third-order valence-corrected chi connectivity index (χ3v) is 10.2. The van der Waals surface area contributed by atoms with E-state index >= 15 is 0 Å². The molecule has 0 spiro atoms. The Balaban J connectivity index is 1.14. The molecule has 222 valence electrons. The van der Waals surface area contributed by atoms with E-state index in [0.29, 0.717) is 19.6 Å². The summed E-state index contributed by atoms with van der Waals surface area (Å²) < 4.78 is 5.95. The summed E-state index contributed by atoms with van der Waals surface area (Å²) in [7, 11) is 2.19. The number of fused-ring (bicyclic) bond motifs is 6. The van der Waals surface area contributed by atoms with E-state index in [-0.39, 0.29) is 60.8 Å². The number of rotatable bonds is 2. The van der Waals surface area contributed by atoms with Gasteiger partial charge in [-0.05, 0) is 76.3 Å². The van der Waals surface area contributed by atoms with Crippen LogP contribution in [0, 0.1) is 5.92 Å². The maximum absolute atomic E-state index is 13.8. The van der Waals surface area contributed by atoms with Gasteiger partial charge in [0.2, 0.25) is 11.8 Å². The zero-order valence-electron chi connectivity index (χ0n) is 24.4. The number of carbonyl (C=O) groups is 2. The van der Waals surface area contributed by atoms with E-state index < -0.39 is 0 Å². The molecule has 2 amide bonds. The first kappa shape index (κ1) is 27.3. The van der Waals surface area contributed by atoms with E-state index in [0.717, 1.165) is 44.3 Å². The minimum absolute atomic E-state index is 0.0207. The Morgan fingerprint density at radius 3 is 2.83 bits per heavy atom. The number of likely N-dealkylation sites (N-methyl/N-ethyl adjacent to an activating group) is 1. The third kappa shape index (κ3) is 4.76. The Labute approximate surface area is 242 Å². The number of amides is 2. The number of nitrogens with one attached hydrogen (secondary N) is 4. The van der Waals surface area contributed by atoms with Crippen LogP contribution in [0.5, 0.6) is 0 Å². The molecule has 0 aliphatic carbocycles. The van der Waals surface area contributed by atoms with Crippen molar-refractivity contribution in [3.05, 3.63) is 41.5 Å². The summed E-state index contributed by atoms with van der Waals surface area (Å²) in [5.41, 5.74) is 3.79. The zero-order chi connectivity index (χ0) is 28.3. The second kappa shape index (κ2) is 10.6. The van der Waals surface area contributed by atoms with Crippen molar-refractivity contribution in [3.8, 4) is 0 Å². The fourth-order valence-electron chi connectivity index (χ4n) is 7.57. The number of allylic oxidation sites excluding steroid dienone is 1. The maximum atomic E-state index is 13.8. The molecule has 6 aliphatic heterocycles. The van der Waals surface area contributed by atoms with E-state index in [4.69, 9.17) is 4.74 Å². The molecule has 1 aromatic carbocycles. The van der Waals surface area contributed by atoms with Crippen molar-refractivity contribution in [1.82, 2.24) is 35.8 Å². The number of carbonyl (C=O) groups excluding carboxylic acids is 2. The van der Waals surface area contributed by atoms with Crippen LogP contribution in [0.25, 0.3) is 0 Å². The van der Waals surface area contributed by atoms with Crippen LogP contribution in [0.3, 0.4) is 0 Å². The summed E-state index contributed by atoms with van der Waals surface area (Å²) in [4.78, 5) is 31.0. The number of anilines is 1. The number of ether oxygens (including phenoxy) is 1. The fraction of sp³-hybridized carbons (Fsp3) is 0.667. The molecule has 41 heavy (non-hydrogen) atoms. The van der Waals surface area contributed by atoms with Gasteiger partial charge in [0.25, 0.3) is 0 Å². The Morgan fingerprint density at radius 2 is 1.95 bits per heavy atom. The largest absolute Gasteiger partial charge is 0.365 e. The van der Waals surface area contributed by atoms with Crippen LogP contribution in [0.4, 0.5) is 5.69 Å². The second-order valence-corrected chi connectivity index (χ2v) is 12.9. The zero-order valence-corrected chi connectivity index (χ0v) is 24.4. The normalized spacial score (nSPS) is 36.5. The lowest BCUT2D eigenvalue weighted by Gasteiger charge is -2.50. The number of hydrazine groups is 1.